The molecule has 152 valence electrons. The molecule has 0 aliphatic heterocycles. The topological polar surface area (TPSA) is 72.6 Å². The zero-order chi connectivity index (χ0) is 21.3. The van der Waals surface area contributed by atoms with E-state index >= 15 is 0 Å². The molecule has 0 radical (unpaired) electrons. The second kappa shape index (κ2) is 8.12. The fraction of sp³-hybridized carbons (Fsp3) is 0.174. The van der Waals surface area contributed by atoms with Crippen molar-refractivity contribution in [2.45, 2.75) is 27.4 Å². The summed E-state index contributed by atoms with van der Waals surface area (Å²) in [7, 11) is 0. The summed E-state index contributed by atoms with van der Waals surface area (Å²) in [6.07, 6.45) is 0. The van der Waals surface area contributed by atoms with Gasteiger partial charge < -0.3 is 9.15 Å². The first-order valence-corrected chi connectivity index (χ1v) is 10.3. The molecule has 1 amide bonds. The Labute approximate surface area is 177 Å². The molecule has 0 atom stereocenters. The Morgan fingerprint density at radius 3 is 2.67 bits per heavy atom. The lowest BCUT2D eigenvalue weighted by Crippen LogP contribution is -2.22. The van der Waals surface area contributed by atoms with E-state index in [0.717, 1.165) is 16.6 Å². The van der Waals surface area contributed by atoms with E-state index in [2.05, 4.69) is 4.98 Å². The standard InChI is InChI=1S/C23H20N2O4S/c1-14-4-7-19(10-15(14)2)25(16(3)26)23-24-18(13-30-23)12-28-20-8-5-17-6-9-22(27)29-21(17)11-20/h4-11,13H,12H2,1-3H3. The van der Waals surface area contributed by atoms with Crippen molar-refractivity contribution in [1.29, 1.82) is 0 Å². The lowest BCUT2D eigenvalue weighted by atomic mass is 10.1. The van der Waals surface area contributed by atoms with Crippen molar-refractivity contribution >= 4 is 39.0 Å². The SMILES string of the molecule is CC(=O)N(c1ccc(C)c(C)c1)c1nc(COc2ccc3ccc(=O)oc3c2)cs1. The summed E-state index contributed by atoms with van der Waals surface area (Å²) in [5, 5.41) is 3.28. The number of aryl methyl sites for hydroxylation is 2. The Morgan fingerprint density at radius 1 is 1.10 bits per heavy atom. The molecule has 2 heterocycles. The smallest absolute Gasteiger partial charge is 0.336 e. The first kappa shape index (κ1) is 19.8. The second-order valence-electron chi connectivity index (χ2n) is 6.99. The Hall–Kier alpha value is -3.45. The third kappa shape index (κ3) is 4.11. The zero-order valence-electron chi connectivity index (χ0n) is 16.8. The number of thiazole rings is 1. The van der Waals surface area contributed by atoms with Gasteiger partial charge in [-0.05, 0) is 55.3 Å². The summed E-state index contributed by atoms with van der Waals surface area (Å²) in [5.74, 6) is 0.466. The Bertz CT molecular complexity index is 1290. The van der Waals surface area contributed by atoms with Gasteiger partial charge in [0.25, 0.3) is 0 Å². The maximum absolute atomic E-state index is 12.3. The van der Waals surface area contributed by atoms with Gasteiger partial charge in [-0.3, -0.25) is 9.69 Å². The number of anilines is 2. The van der Waals surface area contributed by atoms with Gasteiger partial charge in [0.2, 0.25) is 5.91 Å². The lowest BCUT2D eigenvalue weighted by molar-refractivity contribution is -0.115. The second-order valence-corrected chi connectivity index (χ2v) is 7.82. The average Bonchev–Trinajstić information content (AvgIpc) is 3.17. The number of hydrogen-bond donors (Lipinski definition) is 0. The summed E-state index contributed by atoms with van der Waals surface area (Å²) in [6.45, 7) is 5.81. The maximum Gasteiger partial charge on any atom is 0.336 e. The maximum atomic E-state index is 12.3. The third-order valence-corrected chi connectivity index (χ3v) is 5.65. The summed E-state index contributed by atoms with van der Waals surface area (Å²) in [4.78, 5) is 29.9. The number of hydrogen-bond acceptors (Lipinski definition) is 6. The van der Waals surface area contributed by atoms with Gasteiger partial charge in [0.05, 0.1) is 11.4 Å². The van der Waals surface area contributed by atoms with Crippen LogP contribution < -0.4 is 15.3 Å². The molecule has 0 fully saturated rings. The Morgan fingerprint density at radius 2 is 1.90 bits per heavy atom. The van der Waals surface area contributed by atoms with Crippen molar-refractivity contribution in [3.63, 3.8) is 0 Å². The predicted molar refractivity (Wildman–Crippen MR) is 118 cm³/mol. The summed E-state index contributed by atoms with van der Waals surface area (Å²) >= 11 is 1.38. The van der Waals surface area contributed by atoms with Crippen LogP contribution in [0.15, 0.2) is 63.1 Å². The lowest BCUT2D eigenvalue weighted by Gasteiger charge is -2.19. The van der Waals surface area contributed by atoms with Crippen LogP contribution in [0.25, 0.3) is 11.0 Å². The molecule has 0 aliphatic rings. The van der Waals surface area contributed by atoms with Crippen molar-refractivity contribution in [3.8, 4) is 5.75 Å². The number of carbonyl (C=O) groups excluding carboxylic acids is 1. The number of nitrogens with zero attached hydrogens (tertiary/aromatic N) is 2. The molecule has 2 aromatic carbocycles. The highest BCUT2D eigenvalue weighted by Gasteiger charge is 2.18. The van der Waals surface area contributed by atoms with Gasteiger partial charge in [0, 0.05) is 29.8 Å². The highest BCUT2D eigenvalue weighted by atomic mass is 32.1. The van der Waals surface area contributed by atoms with E-state index in [1.54, 1.807) is 17.0 Å². The molecule has 0 saturated heterocycles. The fourth-order valence-corrected chi connectivity index (χ4v) is 3.92. The number of ether oxygens (including phenoxy) is 1. The Balaban J connectivity index is 1.53. The van der Waals surface area contributed by atoms with Crippen LogP contribution in [0.1, 0.15) is 23.7 Å². The highest BCUT2D eigenvalue weighted by molar-refractivity contribution is 7.14. The van der Waals surface area contributed by atoms with E-state index in [1.807, 2.05) is 49.6 Å². The summed E-state index contributed by atoms with van der Waals surface area (Å²) in [5.41, 5.74) is 3.84. The molecule has 0 N–H and O–H groups in total. The molecule has 0 saturated carbocycles. The van der Waals surface area contributed by atoms with Crippen LogP contribution in [0, 0.1) is 13.8 Å². The van der Waals surface area contributed by atoms with Gasteiger partial charge in [-0.15, -0.1) is 11.3 Å². The quantitative estimate of drug-likeness (QED) is 0.419. The van der Waals surface area contributed by atoms with Crippen LogP contribution in [0.2, 0.25) is 0 Å². The number of rotatable bonds is 5. The molecule has 4 aromatic rings. The summed E-state index contributed by atoms with van der Waals surface area (Å²) < 4.78 is 11.0. The number of fused-ring (bicyclic) bond motifs is 1. The average molecular weight is 420 g/mol. The third-order valence-electron chi connectivity index (χ3n) is 4.78. The largest absolute Gasteiger partial charge is 0.487 e. The molecule has 0 unspecified atom stereocenters. The fourth-order valence-electron chi connectivity index (χ4n) is 3.04. The molecule has 2 aromatic heterocycles. The van der Waals surface area contributed by atoms with Crippen LogP contribution in [-0.4, -0.2) is 10.9 Å². The van der Waals surface area contributed by atoms with Crippen molar-refractivity contribution < 1.29 is 13.9 Å². The molecule has 6 nitrogen and oxygen atoms in total. The molecular weight excluding hydrogens is 400 g/mol. The number of aromatic nitrogens is 1. The van der Waals surface area contributed by atoms with Crippen LogP contribution in [0.5, 0.6) is 5.75 Å². The summed E-state index contributed by atoms with van der Waals surface area (Å²) in [6, 6.07) is 14.3. The minimum absolute atomic E-state index is 0.107. The van der Waals surface area contributed by atoms with Crippen molar-refractivity contribution in [2.24, 2.45) is 0 Å². The molecule has 7 heteroatoms. The van der Waals surface area contributed by atoms with E-state index in [-0.39, 0.29) is 12.5 Å². The van der Waals surface area contributed by atoms with Crippen LogP contribution in [0.4, 0.5) is 10.8 Å². The van der Waals surface area contributed by atoms with Gasteiger partial charge in [-0.1, -0.05) is 6.07 Å². The molecular formula is C23H20N2O4S. The first-order chi connectivity index (χ1) is 14.4. The molecule has 0 bridgehead atoms. The van der Waals surface area contributed by atoms with Crippen molar-refractivity contribution in [2.75, 3.05) is 4.90 Å². The predicted octanol–water partition coefficient (Wildman–Crippen LogP) is 5.13. The molecule has 30 heavy (non-hydrogen) atoms. The van der Waals surface area contributed by atoms with E-state index < -0.39 is 5.63 Å². The highest BCUT2D eigenvalue weighted by Crippen LogP contribution is 2.30. The molecule has 0 aliphatic carbocycles. The normalized spacial score (nSPS) is 10.9. The van der Waals surface area contributed by atoms with Gasteiger partial charge in [0.1, 0.15) is 17.9 Å². The minimum Gasteiger partial charge on any atom is -0.487 e. The molecule has 0 spiro atoms. The van der Waals surface area contributed by atoms with Gasteiger partial charge in [-0.2, -0.15) is 0 Å². The Kier molecular flexibility index (Phi) is 5.37. The number of benzene rings is 2. The zero-order valence-corrected chi connectivity index (χ0v) is 17.7. The van der Waals surface area contributed by atoms with Crippen LogP contribution in [-0.2, 0) is 11.4 Å². The van der Waals surface area contributed by atoms with Crippen LogP contribution >= 0.6 is 11.3 Å². The molecule has 4 rings (SSSR count). The van der Waals surface area contributed by atoms with Gasteiger partial charge in [-0.25, -0.2) is 9.78 Å². The van der Waals surface area contributed by atoms with Crippen LogP contribution in [0.3, 0.4) is 0 Å². The number of amides is 1. The van der Waals surface area contributed by atoms with Crippen molar-refractivity contribution in [3.05, 3.63) is 81.2 Å². The first-order valence-electron chi connectivity index (χ1n) is 9.40. The number of carbonyl (C=O) groups is 1. The van der Waals surface area contributed by atoms with Gasteiger partial charge >= 0.3 is 5.63 Å². The van der Waals surface area contributed by atoms with E-state index in [4.69, 9.17) is 9.15 Å². The van der Waals surface area contributed by atoms with E-state index in [0.29, 0.717) is 22.2 Å². The minimum atomic E-state index is -0.403. The monoisotopic (exact) mass is 420 g/mol. The van der Waals surface area contributed by atoms with Gasteiger partial charge in [0.15, 0.2) is 5.13 Å². The van der Waals surface area contributed by atoms with Crippen molar-refractivity contribution in [1.82, 2.24) is 4.98 Å². The van der Waals surface area contributed by atoms with E-state index in [9.17, 15) is 9.59 Å². The van der Waals surface area contributed by atoms with E-state index in [1.165, 1.54) is 29.9 Å².